The van der Waals surface area contributed by atoms with Crippen LogP contribution < -0.4 is 11.1 Å². The molecule has 0 amide bonds. The number of nitrogens with two attached hydrogens (primary N) is 1. The third-order valence-corrected chi connectivity index (χ3v) is 2.85. The second-order valence-corrected chi connectivity index (χ2v) is 3.92. The van der Waals surface area contributed by atoms with Gasteiger partial charge >= 0.3 is 0 Å². The van der Waals surface area contributed by atoms with Crippen molar-refractivity contribution in [2.24, 2.45) is 11.7 Å². The maximum Gasteiger partial charge on any atom is 0.0192 e. The molecular formula is C10H22N2. The lowest BCUT2D eigenvalue weighted by atomic mass is 9.88. The van der Waals surface area contributed by atoms with Crippen LogP contribution in [0.15, 0.2) is 0 Å². The highest BCUT2D eigenvalue weighted by molar-refractivity contribution is 4.78. The Labute approximate surface area is 75.9 Å². The summed E-state index contributed by atoms with van der Waals surface area (Å²) in [7, 11) is 0. The second kappa shape index (κ2) is 5.55. The molecule has 0 aliphatic carbocycles. The summed E-state index contributed by atoms with van der Waals surface area (Å²) in [5.41, 5.74) is 5.63. The summed E-state index contributed by atoms with van der Waals surface area (Å²) in [4.78, 5) is 0. The largest absolute Gasteiger partial charge is 0.329 e. The molecule has 1 rings (SSSR count). The van der Waals surface area contributed by atoms with Gasteiger partial charge in [0.05, 0.1) is 0 Å². The van der Waals surface area contributed by atoms with Crippen molar-refractivity contribution in [3.63, 3.8) is 0 Å². The summed E-state index contributed by atoms with van der Waals surface area (Å²) in [6.07, 6.45) is 6.79. The first kappa shape index (κ1) is 10.0. The summed E-state index contributed by atoms with van der Waals surface area (Å²) in [5, 5.41) is 3.45. The SMILES string of the molecule is CCCCC1CCNC(CN)C1. The average molecular weight is 170 g/mol. The van der Waals surface area contributed by atoms with Crippen LogP contribution in [0.25, 0.3) is 0 Å². The van der Waals surface area contributed by atoms with Gasteiger partial charge in [-0.2, -0.15) is 0 Å². The fraction of sp³-hybridized carbons (Fsp3) is 1.00. The van der Waals surface area contributed by atoms with Crippen molar-refractivity contribution in [3.05, 3.63) is 0 Å². The molecule has 2 nitrogen and oxygen atoms in total. The first-order valence-electron chi connectivity index (χ1n) is 5.30. The molecule has 0 aromatic heterocycles. The Morgan fingerprint density at radius 1 is 1.50 bits per heavy atom. The number of piperidine rings is 1. The molecule has 1 aliphatic heterocycles. The smallest absolute Gasteiger partial charge is 0.0192 e. The molecule has 2 unspecified atom stereocenters. The zero-order valence-electron chi connectivity index (χ0n) is 8.18. The average Bonchev–Trinajstić information content (AvgIpc) is 2.15. The summed E-state index contributed by atoms with van der Waals surface area (Å²) >= 11 is 0. The molecule has 2 heteroatoms. The number of hydrogen-bond donors (Lipinski definition) is 2. The minimum Gasteiger partial charge on any atom is -0.329 e. The van der Waals surface area contributed by atoms with Crippen molar-refractivity contribution in [2.45, 2.75) is 45.1 Å². The van der Waals surface area contributed by atoms with Gasteiger partial charge in [-0.1, -0.05) is 26.2 Å². The van der Waals surface area contributed by atoms with E-state index in [9.17, 15) is 0 Å². The number of unbranched alkanes of at least 4 members (excludes halogenated alkanes) is 1. The predicted molar refractivity (Wildman–Crippen MR) is 53.1 cm³/mol. The van der Waals surface area contributed by atoms with Crippen molar-refractivity contribution in [1.29, 1.82) is 0 Å². The lowest BCUT2D eigenvalue weighted by Crippen LogP contribution is -2.42. The molecule has 1 heterocycles. The third-order valence-electron chi connectivity index (χ3n) is 2.85. The molecule has 1 fully saturated rings. The predicted octanol–water partition coefficient (Wildman–Crippen LogP) is 1.50. The Morgan fingerprint density at radius 2 is 2.33 bits per heavy atom. The van der Waals surface area contributed by atoms with E-state index in [0.717, 1.165) is 12.5 Å². The van der Waals surface area contributed by atoms with Crippen LogP contribution in [0.2, 0.25) is 0 Å². The van der Waals surface area contributed by atoms with E-state index < -0.39 is 0 Å². The minimum absolute atomic E-state index is 0.598. The van der Waals surface area contributed by atoms with E-state index in [1.807, 2.05) is 0 Å². The molecule has 12 heavy (non-hydrogen) atoms. The molecule has 0 aromatic rings. The van der Waals surface area contributed by atoms with Gasteiger partial charge in [0.25, 0.3) is 0 Å². The topological polar surface area (TPSA) is 38.0 Å². The minimum atomic E-state index is 0.598. The van der Waals surface area contributed by atoms with Gasteiger partial charge in [0.1, 0.15) is 0 Å². The zero-order chi connectivity index (χ0) is 8.81. The normalized spacial score (nSPS) is 30.5. The van der Waals surface area contributed by atoms with Crippen LogP contribution in [0, 0.1) is 5.92 Å². The summed E-state index contributed by atoms with van der Waals surface area (Å²) < 4.78 is 0. The lowest BCUT2D eigenvalue weighted by Gasteiger charge is -2.29. The van der Waals surface area contributed by atoms with Crippen LogP contribution in [0.1, 0.15) is 39.0 Å². The molecule has 0 bridgehead atoms. The second-order valence-electron chi connectivity index (χ2n) is 3.92. The summed E-state index contributed by atoms with van der Waals surface area (Å²) in [5.74, 6) is 0.944. The molecule has 3 N–H and O–H groups in total. The maximum absolute atomic E-state index is 5.63. The monoisotopic (exact) mass is 170 g/mol. The molecule has 0 spiro atoms. The van der Waals surface area contributed by atoms with Gasteiger partial charge in [0, 0.05) is 12.6 Å². The van der Waals surface area contributed by atoms with Gasteiger partial charge in [-0.3, -0.25) is 0 Å². The first-order valence-corrected chi connectivity index (χ1v) is 5.30. The maximum atomic E-state index is 5.63. The lowest BCUT2D eigenvalue weighted by molar-refractivity contribution is 0.287. The standard InChI is InChI=1S/C10H22N2/c1-2-3-4-9-5-6-12-10(7-9)8-11/h9-10,12H,2-8,11H2,1H3. The Hall–Kier alpha value is -0.0800. The number of nitrogens with one attached hydrogen (secondary N) is 1. The molecule has 0 aromatic carbocycles. The molecule has 0 radical (unpaired) electrons. The van der Waals surface area contributed by atoms with Crippen molar-refractivity contribution in [1.82, 2.24) is 5.32 Å². The van der Waals surface area contributed by atoms with Gasteiger partial charge in [-0.15, -0.1) is 0 Å². The van der Waals surface area contributed by atoms with Crippen molar-refractivity contribution in [3.8, 4) is 0 Å². The highest BCUT2D eigenvalue weighted by atomic mass is 14.9. The van der Waals surface area contributed by atoms with Crippen LogP contribution in [-0.4, -0.2) is 19.1 Å². The molecule has 0 saturated carbocycles. The van der Waals surface area contributed by atoms with Gasteiger partial charge < -0.3 is 11.1 Å². The quantitative estimate of drug-likeness (QED) is 0.671. The van der Waals surface area contributed by atoms with E-state index in [1.165, 1.54) is 38.6 Å². The van der Waals surface area contributed by atoms with Crippen LogP contribution in [0.3, 0.4) is 0 Å². The summed E-state index contributed by atoms with van der Waals surface area (Å²) in [6.45, 7) is 4.25. The fourth-order valence-corrected chi connectivity index (χ4v) is 2.03. The van der Waals surface area contributed by atoms with Crippen LogP contribution in [0.4, 0.5) is 0 Å². The van der Waals surface area contributed by atoms with Gasteiger partial charge in [0.2, 0.25) is 0 Å². The van der Waals surface area contributed by atoms with E-state index in [-0.39, 0.29) is 0 Å². The van der Waals surface area contributed by atoms with Crippen molar-refractivity contribution < 1.29 is 0 Å². The van der Waals surface area contributed by atoms with Gasteiger partial charge in [-0.25, -0.2) is 0 Å². The Kier molecular flexibility index (Phi) is 4.62. The highest BCUT2D eigenvalue weighted by Gasteiger charge is 2.19. The zero-order valence-corrected chi connectivity index (χ0v) is 8.18. The molecule has 72 valence electrons. The number of rotatable bonds is 4. The Bertz CT molecular complexity index is 114. The van der Waals surface area contributed by atoms with Gasteiger partial charge in [-0.05, 0) is 25.3 Å². The third kappa shape index (κ3) is 3.11. The Morgan fingerprint density at radius 3 is 3.00 bits per heavy atom. The Balaban J connectivity index is 2.16. The van der Waals surface area contributed by atoms with Gasteiger partial charge in [0.15, 0.2) is 0 Å². The number of hydrogen-bond acceptors (Lipinski definition) is 2. The summed E-state index contributed by atoms with van der Waals surface area (Å²) in [6, 6.07) is 0.598. The highest BCUT2D eigenvalue weighted by Crippen LogP contribution is 2.21. The molecule has 1 aliphatic rings. The van der Waals surface area contributed by atoms with E-state index in [1.54, 1.807) is 0 Å². The van der Waals surface area contributed by atoms with Crippen molar-refractivity contribution >= 4 is 0 Å². The molecular weight excluding hydrogens is 148 g/mol. The fourth-order valence-electron chi connectivity index (χ4n) is 2.03. The first-order chi connectivity index (χ1) is 5.86. The molecule has 1 saturated heterocycles. The van der Waals surface area contributed by atoms with Crippen LogP contribution in [0.5, 0.6) is 0 Å². The van der Waals surface area contributed by atoms with E-state index in [4.69, 9.17) is 5.73 Å². The van der Waals surface area contributed by atoms with E-state index in [2.05, 4.69) is 12.2 Å². The molecule has 2 atom stereocenters. The van der Waals surface area contributed by atoms with Crippen LogP contribution in [-0.2, 0) is 0 Å². The van der Waals surface area contributed by atoms with Crippen molar-refractivity contribution in [2.75, 3.05) is 13.1 Å². The van der Waals surface area contributed by atoms with E-state index in [0.29, 0.717) is 6.04 Å². The van der Waals surface area contributed by atoms with Crippen LogP contribution >= 0.6 is 0 Å². The van der Waals surface area contributed by atoms with E-state index >= 15 is 0 Å².